The summed E-state index contributed by atoms with van der Waals surface area (Å²) in [5.41, 5.74) is 6.01. The van der Waals surface area contributed by atoms with Crippen LogP contribution in [-0.4, -0.2) is 54.1 Å². The van der Waals surface area contributed by atoms with Crippen molar-refractivity contribution in [2.24, 2.45) is 5.73 Å². The second kappa shape index (κ2) is 5.48. The SMILES string of the molecule is CC1CCN(C(C)(C)C)C(CCN)CN1C. The van der Waals surface area contributed by atoms with Gasteiger partial charge in [-0.3, -0.25) is 4.90 Å². The Hall–Kier alpha value is -0.120. The maximum atomic E-state index is 5.75. The smallest absolute Gasteiger partial charge is 0.0240 e. The maximum absolute atomic E-state index is 5.75. The fraction of sp³-hybridized carbons (Fsp3) is 1.00. The van der Waals surface area contributed by atoms with Gasteiger partial charge >= 0.3 is 0 Å². The summed E-state index contributed by atoms with van der Waals surface area (Å²) in [6.07, 6.45) is 2.36. The molecule has 0 bridgehead atoms. The molecule has 0 amide bonds. The zero-order valence-corrected chi connectivity index (χ0v) is 11.7. The molecule has 0 aromatic heterocycles. The van der Waals surface area contributed by atoms with Gasteiger partial charge < -0.3 is 10.6 Å². The lowest BCUT2D eigenvalue weighted by atomic mass is 10.0. The van der Waals surface area contributed by atoms with Crippen LogP contribution in [0.2, 0.25) is 0 Å². The van der Waals surface area contributed by atoms with E-state index in [9.17, 15) is 0 Å². The molecule has 0 radical (unpaired) electrons. The predicted molar refractivity (Wildman–Crippen MR) is 70.6 cm³/mol. The van der Waals surface area contributed by atoms with E-state index in [2.05, 4.69) is 44.5 Å². The van der Waals surface area contributed by atoms with Gasteiger partial charge in [-0.25, -0.2) is 0 Å². The van der Waals surface area contributed by atoms with Crippen molar-refractivity contribution in [2.75, 3.05) is 26.7 Å². The Morgan fingerprint density at radius 1 is 1.31 bits per heavy atom. The molecule has 1 fully saturated rings. The number of nitrogens with two attached hydrogens (primary N) is 1. The highest BCUT2D eigenvalue weighted by Crippen LogP contribution is 2.24. The molecule has 2 unspecified atom stereocenters. The van der Waals surface area contributed by atoms with Crippen LogP contribution >= 0.6 is 0 Å². The molecular formula is C13H29N3. The summed E-state index contributed by atoms with van der Waals surface area (Å²) in [4.78, 5) is 5.12. The Kier molecular flexibility index (Phi) is 4.77. The molecule has 1 heterocycles. The van der Waals surface area contributed by atoms with Crippen LogP contribution in [0.15, 0.2) is 0 Å². The number of nitrogens with zero attached hydrogens (tertiary/aromatic N) is 2. The van der Waals surface area contributed by atoms with E-state index in [1.165, 1.54) is 13.0 Å². The topological polar surface area (TPSA) is 32.5 Å². The summed E-state index contributed by atoms with van der Waals surface area (Å²) in [6.45, 7) is 12.4. The third kappa shape index (κ3) is 3.44. The molecule has 0 aliphatic carbocycles. The standard InChI is InChI=1S/C13H29N3/c1-11-7-9-16(13(2,3)4)12(6-8-14)10-15(11)5/h11-12H,6-10,14H2,1-5H3. The molecule has 1 saturated heterocycles. The largest absolute Gasteiger partial charge is 0.330 e. The first-order chi connectivity index (χ1) is 7.36. The van der Waals surface area contributed by atoms with E-state index in [4.69, 9.17) is 5.73 Å². The second-order valence-corrected chi connectivity index (χ2v) is 6.17. The molecule has 0 aromatic carbocycles. The van der Waals surface area contributed by atoms with E-state index < -0.39 is 0 Å². The fourth-order valence-corrected chi connectivity index (χ4v) is 2.66. The van der Waals surface area contributed by atoms with Crippen molar-refractivity contribution < 1.29 is 0 Å². The van der Waals surface area contributed by atoms with Crippen LogP contribution < -0.4 is 5.73 Å². The highest BCUT2D eigenvalue weighted by Gasteiger charge is 2.32. The lowest BCUT2D eigenvalue weighted by Crippen LogP contribution is -2.51. The third-order valence-electron chi connectivity index (χ3n) is 3.84. The Balaban J connectivity index is 2.78. The number of likely N-dealkylation sites (N-methyl/N-ethyl adjacent to an activating group) is 1. The highest BCUT2D eigenvalue weighted by molar-refractivity contribution is 4.89. The molecular weight excluding hydrogens is 198 g/mol. The molecule has 16 heavy (non-hydrogen) atoms. The first-order valence-corrected chi connectivity index (χ1v) is 6.53. The van der Waals surface area contributed by atoms with Gasteiger partial charge in [0.2, 0.25) is 0 Å². The average molecular weight is 227 g/mol. The Morgan fingerprint density at radius 2 is 1.94 bits per heavy atom. The molecule has 1 aliphatic rings. The first-order valence-electron chi connectivity index (χ1n) is 6.53. The van der Waals surface area contributed by atoms with Crippen molar-refractivity contribution in [3.8, 4) is 0 Å². The molecule has 96 valence electrons. The number of hydrogen-bond acceptors (Lipinski definition) is 3. The molecule has 2 atom stereocenters. The van der Waals surface area contributed by atoms with Gasteiger partial charge in [0.25, 0.3) is 0 Å². The molecule has 3 heteroatoms. The monoisotopic (exact) mass is 227 g/mol. The van der Waals surface area contributed by atoms with Crippen molar-refractivity contribution in [3.05, 3.63) is 0 Å². The minimum Gasteiger partial charge on any atom is -0.330 e. The quantitative estimate of drug-likeness (QED) is 0.776. The molecule has 1 aliphatic heterocycles. The van der Waals surface area contributed by atoms with Crippen molar-refractivity contribution in [2.45, 2.75) is 58.2 Å². The normalized spacial score (nSPS) is 30.4. The Labute approximate surface area is 101 Å². The van der Waals surface area contributed by atoms with Gasteiger partial charge in [-0.05, 0) is 54.1 Å². The zero-order chi connectivity index (χ0) is 12.3. The van der Waals surface area contributed by atoms with E-state index in [0.717, 1.165) is 19.5 Å². The van der Waals surface area contributed by atoms with Crippen LogP contribution in [0, 0.1) is 0 Å². The molecule has 0 saturated carbocycles. The van der Waals surface area contributed by atoms with Gasteiger partial charge in [0.05, 0.1) is 0 Å². The summed E-state index contributed by atoms with van der Waals surface area (Å²) in [5, 5.41) is 0. The van der Waals surface area contributed by atoms with Gasteiger partial charge in [0.15, 0.2) is 0 Å². The van der Waals surface area contributed by atoms with E-state index in [1.807, 2.05) is 0 Å². The van der Waals surface area contributed by atoms with Gasteiger partial charge in [0, 0.05) is 30.7 Å². The van der Waals surface area contributed by atoms with Gasteiger partial charge in [-0.1, -0.05) is 0 Å². The van der Waals surface area contributed by atoms with Crippen LogP contribution in [0.1, 0.15) is 40.5 Å². The number of rotatable bonds is 2. The van der Waals surface area contributed by atoms with Crippen molar-refractivity contribution in [1.29, 1.82) is 0 Å². The summed E-state index contributed by atoms with van der Waals surface area (Å²) < 4.78 is 0. The molecule has 1 rings (SSSR count). The highest BCUT2D eigenvalue weighted by atomic mass is 15.3. The van der Waals surface area contributed by atoms with E-state index in [-0.39, 0.29) is 5.54 Å². The molecule has 3 nitrogen and oxygen atoms in total. The fourth-order valence-electron chi connectivity index (χ4n) is 2.66. The van der Waals surface area contributed by atoms with Gasteiger partial charge in [0.1, 0.15) is 0 Å². The van der Waals surface area contributed by atoms with Crippen LogP contribution in [-0.2, 0) is 0 Å². The lowest BCUT2D eigenvalue weighted by Gasteiger charge is -2.41. The van der Waals surface area contributed by atoms with Crippen LogP contribution in [0.4, 0.5) is 0 Å². The summed E-state index contributed by atoms with van der Waals surface area (Å²) in [6, 6.07) is 1.30. The Morgan fingerprint density at radius 3 is 2.44 bits per heavy atom. The summed E-state index contributed by atoms with van der Waals surface area (Å²) in [5.74, 6) is 0. The lowest BCUT2D eigenvalue weighted by molar-refractivity contribution is 0.0788. The van der Waals surface area contributed by atoms with E-state index in [1.54, 1.807) is 0 Å². The average Bonchev–Trinajstić information content (AvgIpc) is 2.27. The van der Waals surface area contributed by atoms with Gasteiger partial charge in [-0.2, -0.15) is 0 Å². The zero-order valence-electron chi connectivity index (χ0n) is 11.7. The minimum atomic E-state index is 0.255. The molecule has 0 spiro atoms. The van der Waals surface area contributed by atoms with Crippen LogP contribution in [0.3, 0.4) is 0 Å². The predicted octanol–water partition coefficient (Wildman–Crippen LogP) is 1.53. The number of hydrogen-bond donors (Lipinski definition) is 1. The maximum Gasteiger partial charge on any atom is 0.0240 e. The van der Waals surface area contributed by atoms with E-state index in [0.29, 0.717) is 12.1 Å². The minimum absolute atomic E-state index is 0.255. The van der Waals surface area contributed by atoms with E-state index >= 15 is 0 Å². The van der Waals surface area contributed by atoms with Gasteiger partial charge in [-0.15, -0.1) is 0 Å². The molecule has 2 N–H and O–H groups in total. The summed E-state index contributed by atoms with van der Waals surface area (Å²) in [7, 11) is 2.24. The molecule has 0 aromatic rings. The van der Waals surface area contributed by atoms with Crippen LogP contribution in [0.25, 0.3) is 0 Å². The third-order valence-corrected chi connectivity index (χ3v) is 3.84. The Bertz CT molecular complexity index is 210. The van der Waals surface area contributed by atoms with Crippen LogP contribution in [0.5, 0.6) is 0 Å². The summed E-state index contributed by atoms with van der Waals surface area (Å²) >= 11 is 0. The first kappa shape index (κ1) is 13.9. The van der Waals surface area contributed by atoms with Crippen molar-refractivity contribution >= 4 is 0 Å². The van der Waals surface area contributed by atoms with Crippen molar-refractivity contribution in [1.82, 2.24) is 9.80 Å². The second-order valence-electron chi connectivity index (χ2n) is 6.17. The van der Waals surface area contributed by atoms with Crippen molar-refractivity contribution in [3.63, 3.8) is 0 Å².